The van der Waals surface area contributed by atoms with Gasteiger partial charge in [-0.05, 0) is 24.1 Å². The summed E-state index contributed by atoms with van der Waals surface area (Å²) >= 11 is 0. The number of nitrogens with one attached hydrogen (secondary N) is 1. The van der Waals surface area contributed by atoms with E-state index < -0.39 is 5.97 Å². The van der Waals surface area contributed by atoms with Gasteiger partial charge in [0.25, 0.3) is 0 Å². The summed E-state index contributed by atoms with van der Waals surface area (Å²) in [6.45, 7) is 8.90. The normalized spacial score (nSPS) is 15.7. The molecule has 2 rings (SSSR count). The number of anilines is 1. The fourth-order valence-corrected chi connectivity index (χ4v) is 2.81. The Bertz CT molecular complexity index is 455. The van der Waals surface area contributed by atoms with Crippen LogP contribution in [0.4, 0.5) is 5.69 Å². The van der Waals surface area contributed by atoms with E-state index in [4.69, 9.17) is 5.11 Å². The first kappa shape index (κ1) is 16.8. The van der Waals surface area contributed by atoms with Crippen molar-refractivity contribution in [2.24, 2.45) is 0 Å². The first-order valence-electron chi connectivity index (χ1n) is 8.18. The monoisotopic (exact) mass is 305 g/mol. The quantitative estimate of drug-likeness (QED) is 0.767. The second-order valence-electron chi connectivity index (χ2n) is 5.82. The Balaban J connectivity index is 1.94. The highest BCUT2D eigenvalue weighted by Crippen LogP contribution is 2.17. The second kappa shape index (κ2) is 8.76. The van der Waals surface area contributed by atoms with Crippen molar-refractivity contribution in [3.8, 4) is 0 Å². The van der Waals surface area contributed by atoms with Crippen molar-refractivity contribution in [2.75, 3.05) is 44.2 Å². The molecule has 1 fully saturated rings. The van der Waals surface area contributed by atoms with Gasteiger partial charge < -0.3 is 15.3 Å². The molecule has 122 valence electrons. The van der Waals surface area contributed by atoms with Gasteiger partial charge in [0.05, 0.1) is 6.42 Å². The Labute approximate surface area is 132 Å². The first-order chi connectivity index (χ1) is 10.7. The third-order valence-corrected chi connectivity index (χ3v) is 4.01. The van der Waals surface area contributed by atoms with Crippen LogP contribution in [0.1, 0.15) is 25.3 Å². The van der Waals surface area contributed by atoms with Crippen LogP contribution in [0.5, 0.6) is 0 Å². The minimum atomic E-state index is -0.739. The zero-order valence-corrected chi connectivity index (χ0v) is 13.4. The van der Waals surface area contributed by atoms with Gasteiger partial charge in [0.2, 0.25) is 0 Å². The minimum Gasteiger partial charge on any atom is -0.481 e. The lowest BCUT2D eigenvalue weighted by Crippen LogP contribution is -2.42. The molecule has 5 heteroatoms. The van der Waals surface area contributed by atoms with Gasteiger partial charge in [-0.3, -0.25) is 9.69 Å². The summed E-state index contributed by atoms with van der Waals surface area (Å²) in [7, 11) is 0. The van der Waals surface area contributed by atoms with Crippen LogP contribution in [0.2, 0.25) is 0 Å². The molecule has 0 saturated carbocycles. The van der Waals surface area contributed by atoms with E-state index in [-0.39, 0.29) is 6.42 Å². The van der Waals surface area contributed by atoms with Crippen LogP contribution >= 0.6 is 0 Å². The van der Waals surface area contributed by atoms with E-state index >= 15 is 0 Å². The molecule has 0 amide bonds. The van der Waals surface area contributed by atoms with Crippen molar-refractivity contribution < 1.29 is 9.90 Å². The lowest BCUT2D eigenvalue weighted by atomic mass is 10.1. The largest absolute Gasteiger partial charge is 0.481 e. The number of nitrogens with zero attached hydrogens (tertiary/aromatic N) is 2. The molecular weight excluding hydrogens is 278 g/mol. The average Bonchev–Trinajstić information content (AvgIpc) is 2.53. The van der Waals surface area contributed by atoms with Gasteiger partial charge in [0, 0.05) is 51.5 Å². The predicted octanol–water partition coefficient (Wildman–Crippen LogP) is 1.78. The molecule has 0 bridgehead atoms. The van der Waals surface area contributed by atoms with Crippen LogP contribution in [0.15, 0.2) is 24.3 Å². The number of hydrogen-bond donors (Lipinski definition) is 2. The fourth-order valence-electron chi connectivity index (χ4n) is 2.81. The lowest BCUT2D eigenvalue weighted by Gasteiger charge is -2.28. The zero-order chi connectivity index (χ0) is 15.8. The predicted molar refractivity (Wildman–Crippen MR) is 89.3 cm³/mol. The molecule has 0 spiro atoms. The molecule has 2 N–H and O–H groups in total. The molecule has 1 aromatic carbocycles. The van der Waals surface area contributed by atoms with E-state index in [1.807, 2.05) is 0 Å². The maximum absolute atomic E-state index is 10.8. The van der Waals surface area contributed by atoms with Crippen molar-refractivity contribution in [1.82, 2.24) is 10.2 Å². The number of carboxylic acids is 1. The Morgan fingerprint density at radius 3 is 2.50 bits per heavy atom. The van der Waals surface area contributed by atoms with Crippen LogP contribution in [0.25, 0.3) is 0 Å². The molecule has 5 nitrogen and oxygen atoms in total. The number of rotatable bonds is 8. The molecule has 0 aromatic heterocycles. The molecule has 1 heterocycles. The van der Waals surface area contributed by atoms with Gasteiger partial charge in [-0.1, -0.05) is 19.1 Å². The first-order valence-corrected chi connectivity index (χ1v) is 8.18. The molecule has 0 atom stereocenters. The van der Waals surface area contributed by atoms with Gasteiger partial charge >= 0.3 is 5.97 Å². The summed E-state index contributed by atoms with van der Waals surface area (Å²) in [5, 5.41) is 12.2. The van der Waals surface area contributed by atoms with Gasteiger partial charge in [-0.2, -0.15) is 0 Å². The topological polar surface area (TPSA) is 55.8 Å². The second-order valence-corrected chi connectivity index (χ2v) is 5.82. The number of carbonyl (C=O) groups is 1. The van der Waals surface area contributed by atoms with Gasteiger partial charge in [0.1, 0.15) is 0 Å². The summed E-state index contributed by atoms with van der Waals surface area (Å²) in [4.78, 5) is 15.4. The molecule has 0 aliphatic carbocycles. The maximum Gasteiger partial charge on any atom is 0.305 e. The third kappa shape index (κ3) is 5.31. The number of piperazine rings is 1. The highest BCUT2D eigenvalue weighted by molar-refractivity contribution is 5.67. The van der Waals surface area contributed by atoms with Crippen molar-refractivity contribution in [2.45, 2.75) is 26.3 Å². The van der Waals surface area contributed by atoms with Crippen LogP contribution in [-0.2, 0) is 11.3 Å². The number of hydrogen-bond acceptors (Lipinski definition) is 4. The lowest BCUT2D eigenvalue weighted by molar-refractivity contribution is -0.136. The van der Waals surface area contributed by atoms with E-state index in [0.717, 1.165) is 51.4 Å². The summed E-state index contributed by atoms with van der Waals surface area (Å²) in [6.07, 6.45) is 1.20. The van der Waals surface area contributed by atoms with E-state index in [9.17, 15) is 4.79 Å². The number of benzene rings is 1. The molecule has 1 aliphatic heterocycles. The van der Waals surface area contributed by atoms with Crippen LogP contribution in [-0.4, -0.2) is 55.2 Å². The highest BCUT2D eigenvalue weighted by atomic mass is 16.4. The minimum absolute atomic E-state index is 0.183. The van der Waals surface area contributed by atoms with Gasteiger partial charge in [0.15, 0.2) is 0 Å². The molecule has 0 radical (unpaired) electrons. The molecular formula is C17H27N3O2. The molecule has 22 heavy (non-hydrogen) atoms. The van der Waals surface area contributed by atoms with E-state index in [1.165, 1.54) is 5.56 Å². The third-order valence-electron chi connectivity index (χ3n) is 4.01. The van der Waals surface area contributed by atoms with Crippen LogP contribution in [0.3, 0.4) is 0 Å². The summed E-state index contributed by atoms with van der Waals surface area (Å²) in [5.41, 5.74) is 2.44. The molecule has 1 saturated heterocycles. The van der Waals surface area contributed by atoms with E-state index in [1.54, 1.807) is 0 Å². The van der Waals surface area contributed by atoms with E-state index in [2.05, 4.69) is 46.3 Å². The highest BCUT2D eigenvalue weighted by Gasteiger charge is 2.11. The summed E-state index contributed by atoms with van der Waals surface area (Å²) < 4.78 is 0. The van der Waals surface area contributed by atoms with Crippen molar-refractivity contribution >= 4 is 11.7 Å². The van der Waals surface area contributed by atoms with Crippen molar-refractivity contribution in [1.29, 1.82) is 0 Å². The van der Waals surface area contributed by atoms with Crippen LogP contribution < -0.4 is 10.2 Å². The Morgan fingerprint density at radius 1 is 1.23 bits per heavy atom. The molecule has 1 aromatic rings. The maximum atomic E-state index is 10.8. The Hall–Kier alpha value is -1.59. The van der Waals surface area contributed by atoms with Crippen molar-refractivity contribution in [3.05, 3.63) is 29.8 Å². The van der Waals surface area contributed by atoms with Crippen LogP contribution in [0, 0.1) is 0 Å². The Kier molecular flexibility index (Phi) is 6.68. The standard InChI is InChI=1S/C17H27N3O2/c1-2-10-20(11-7-17(21)22)16-5-3-15(4-6-16)14-19-12-8-18-9-13-19/h3-6,18H,2,7-14H2,1H3,(H,21,22). The fraction of sp³-hybridized carbons (Fsp3) is 0.588. The molecule has 0 unspecified atom stereocenters. The molecule has 1 aliphatic rings. The number of aliphatic carboxylic acids is 1. The van der Waals surface area contributed by atoms with Gasteiger partial charge in [-0.25, -0.2) is 0 Å². The SMILES string of the molecule is CCCN(CCC(=O)O)c1ccc(CN2CCNCC2)cc1. The Morgan fingerprint density at radius 2 is 1.91 bits per heavy atom. The average molecular weight is 305 g/mol. The number of carboxylic acid groups (broad SMARTS) is 1. The van der Waals surface area contributed by atoms with Gasteiger partial charge in [-0.15, -0.1) is 0 Å². The summed E-state index contributed by atoms with van der Waals surface area (Å²) in [5.74, 6) is -0.739. The van der Waals surface area contributed by atoms with Crippen molar-refractivity contribution in [3.63, 3.8) is 0 Å². The smallest absolute Gasteiger partial charge is 0.305 e. The summed E-state index contributed by atoms with van der Waals surface area (Å²) in [6, 6.07) is 8.58. The van der Waals surface area contributed by atoms with E-state index in [0.29, 0.717) is 6.54 Å². The zero-order valence-electron chi connectivity index (χ0n) is 13.4.